The molecule has 1 aliphatic carbocycles. The number of benzene rings is 1. The highest BCUT2D eigenvalue weighted by Gasteiger charge is 2.33. The maximum absolute atomic E-state index is 13.0. The van der Waals surface area contributed by atoms with Crippen molar-refractivity contribution in [1.29, 1.82) is 0 Å². The second-order valence-electron chi connectivity index (χ2n) is 4.30. The second-order valence-corrected chi connectivity index (χ2v) is 5.22. The lowest BCUT2D eigenvalue weighted by Crippen LogP contribution is -2.31. The van der Waals surface area contributed by atoms with Gasteiger partial charge in [-0.2, -0.15) is 0 Å². The number of hydrogen-bond donors (Lipinski definition) is 0. The van der Waals surface area contributed by atoms with Crippen LogP contribution in [0.1, 0.15) is 19.8 Å². The Hall–Kier alpha value is -0.900. The lowest BCUT2D eigenvalue weighted by Gasteiger charge is -2.30. The van der Waals surface area contributed by atoms with E-state index in [0.29, 0.717) is 10.4 Å². The first-order valence-electron chi connectivity index (χ1n) is 5.22. The van der Waals surface area contributed by atoms with E-state index in [2.05, 4.69) is 22.9 Å². The van der Waals surface area contributed by atoms with E-state index in [9.17, 15) is 9.18 Å². The summed E-state index contributed by atoms with van der Waals surface area (Å²) >= 11 is 3.15. The van der Waals surface area contributed by atoms with Gasteiger partial charge in [0.2, 0.25) is 0 Å². The fourth-order valence-corrected chi connectivity index (χ4v) is 2.33. The number of ether oxygens (including phenoxy) is 1. The minimum absolute atomic E-state index is 0.0166. The molecule has 86 valence electrons. The van der Waals surface area contributed by atoms with Gasteiger partial charge in [0.15, 0.2) is 0 Å². The number of rotatable bonds is 2. The summed E-state index contributed by atoms with van der Waals surface area (Å²) in [7, 11) is 0. The molecule has 0 unspecified atom stereocenters. The number of carbonyl (C=O) groups is 1. The predicted molar refractivity (Wildman–Crippen MR) is 61.6 cm³/mol. The van der Waals surface area contributed by atoms with Crippen molar-refractivity contribution in [3.05, 3.63) is 28.5 Å². The molecule has 0 spiro atoms. The van der Waals surface area contributed by atoms with Crippen LogP contribution >= 0.6 is 15.9 Å². The van der Waals surface area contributed by atoms with Gasteiger partial charge in [-0.3, -0.25) is 4.79 Å². The van der Waals surface area contributed by atoms with Crippen LogP contribution in [-0.2, 0) is 4.79 Å². The third kappa shape index (κ3) is 2.61. The van der Waals surface area contributed by atoms with E-state index in [1.807, 2.05) is 0 Å². The Morgan fingerprint density at radius 3 is 2.69 bits per heavy atom. The van der Waals surface area contributed by atoms with E-state index in [0.717, 1.165) is 12.8 Å². The van der Waals surface area contributed by atoms with Gasteiger partial charge in [-0.25, -0.2) is 4.39 Å². The van der Waals surface area contributed by atoms with Crippen LogP contribution in [0.25, 0.3) is 0 Å². The van der Waals surface area contributed by atoms with Gasteiger partial charge in [0.1, 0.15) is 11.6 Å². The van der Waals surface area contributed by atoms with Crippen LogP contribution in [0.3, 0.4) is 0 Å². The van der Waals surface area contributed by atoms with Gasteiger partial charge in [0, 0.05) is 10.5 Å². The Morgan fingerprint density at radius 1 is 1.44 bits per heavy atom. The molecule has 0 radical (unpaired) electrons. The van der Waals surface area contributed by atoms with Gasteiger partial charge in [-0.05, 0) is 30.9 Å². The molecule has 1 aromatic rings. The quantitative estimate of drug-likeness (QED) is 0.614. The Bertz CT molecular complexity index is 393. The summed E-state index contributed by atoms with van der Waals surface area (Å²) in [6, 6.07) is 4.12. The zero-order valence-corrected chi connectivity index (χ0v) is 10.5. The number of halogens is 2. The van der Waals surface area contributed by atoms with E-state index in [1.54, 1.807) is 6.07 Å². The minimum Gasteiger partial charge on any atom is -0.426 e. The van der Waals surface area contributed by atoms with E-state index >= 15 is 0 Å². The van der Waals surface area contributed by atoms with Crippen LogP contribution in [0.5, 0.6) is 5.75 Å². The van der Waals surface area contributed by atoms with E-state index < -0.39 is 5.82 Å². The Balaban J connectivity index is 2.00. The van der Waals surface area contributed by atoms with Crippen LogP contribution in [0.2, 0.25) is 0 Å². The van der Waals surface area contributed by atoms with Crippen LogP contribution in [0.15, 0.2) is 22.7 Å². The summed E-state index contributed by atoms with van der Waals surface area (Å²) in [4.78, 5) is 11.6. The normalized spacial score (nSPS) is 23.7. The van der Waals surface area contributed by atoms with Gasteiger partial charge >= 0.3 is 5.97 Å². The molecule has 1 aliphatic rings. The van der Waals surface area contributed by atoms with Gasteiger partial charge in [0.05, 0.1) is 5.92 Å². The lowest BCUT2D eigenvalue weighted by molar-refractivity contribution is -0.143. The molecule has 16 heavy (non-hydrogen) atoms. The van der Waals surface area contributed by atoms with Crippen LogP contribution in [0, 0.1) is 17.7 Å². The average Bonchev–Trinajstić information content (AvgIpc) is 2.10. The summed E-state index contributed by atoms with van der Waals surface area (Å²) in [5.41, 5.74) is 0. The highest BCUT2D eigenvalue weighted by Crippen LogP contribution is 2.34. The molecule has 2 rings (SSSR count). The summed E-state index contributed by atoms with van der Waals surface area (Å²) in [5, 5.41) is 0. The molecule has 0 aromatic heterocycles. The fraction of sp³-hybridized carbons (Fsp3) is 0.417. The molecule has 0 aliphatic heterocycles. The van der Waals surface area contributed by atoms with Crippen molar-refractivity contribution in [3.8, 4) is 5.75 Å². The van der Waals surface area contributed by atoms with Crippen molar-refractivity contribution < 1.29 is 13.9 Å². The highest BCUT2D eigenvalue weighted by molar-refractivity contribution is 9.10. The van der Waals surface area contributed by atoms with Crippen molar-refractivity contribution in [2.45, 2.75) is 19.8 Å². The van der Waals surface area contributed by atoms with E-state index in [4.69, 9.17) is 4.74 Å². The molecule has 0 N–H and O–H groups in total. The lowest BCUT2D eigenvalue weighted by atomic mass is 9.76. The average molecular weight is 287 g/mol. The largest absolute Gasteiger partial charge is 0.426 e. The van der Waals surface area contributed by atoms with Crippen molar-refractivity contribution in [3.63, 3.8) is 0 Å². The molecule has 1 fully saturated rings. The zero-order chi connectivity index (χ0) is 11.7. The molecule has 0 bridgehead atoms. The summed E-state index contributed by atoms with van der Waals surface area (Å²) in [6.07, 6.45) is 1.74. The Labute approximate surface area is 102 Å². The molecule has 0 amide bonds. The third-order valence-electron chi connectivity index (χ3n) is 2.76. The predicted octanol–water partition coefficient (Wildman–Crippen LogP) is 3.54. The summed E-state index contributed by atoms with van der Waals surface area (Å²) < 4.78 is 18.7. The van der Waals surface area contributed by atoms with Crippen LogP contribution in [-0.4, -0.2) is 5.97 Å². The first kappa shape index (κ1) is 11.6. The van der Waals surface area contributed by atoms with Crippen molar-refractivity contribution in [2.75, 3.05) is 0 Å². The summed E-state index contributed by atoms with van der Waals surface area (Å²) in [6.45, 7) is 2.10. The maximum atomic E-state index is 13.0. The number of esters is 1. The third-order valence-corrected chi connectivity index (χ3v) is 3.22. The SMILES string of the molecule is CC1CC(C(=O)Oc2cc(F)cc(Br)c2)C1. The minimum atomic E-state index is -0.417. The Morgan fingerprint density at radius 2 is 2.12 bits per heavy atom. The summed E-state index contributed by atoms with van der Waals surface area (Å²) in [5.74, 6) is 0.167. The monoisotopic (exact) mass is 286 g/mol. The molecule has 4 heteroatoms. The molecule has 0 atom stereocenters. The molecule has 1 saturated carbocycles. The molecule has 0 saturated heterocycles. The van der Waals surface area contributed by atoms with Gasteiger partial charge in [0.25, 0.3) is 0 Å². The first-order valence-corrected chi connectivity index (χ1v) is 6.01. The number of carbonyl (C=O) groups excluding carboxylic acids is 1. The molecular weight excluding hydrogens is 275 g/mol. The Kier molecular flexibility index (Phi) is 3.28. The standard InChI is InChI=1S/C12H12BrFO2/c1-7-2-8(3-7)12(15)16-11-5-9(13)4-10(14)6-11/h4-8H,2-3H2,1H3. The fourth-order valence-electron chi connectivity index (χ4n) is 1.88. The second kappa shape index (κ2) is 4.53. The number of hydrogen-bond acceptors (Lipinski definition) is 2. The van der Waals surface area contributed by atoms with Crippen molar-refractivity contribution >= 4 is 21.9 Å². The van der Waals surface area contributed by atoms with Gasteiger partial charge in [-0.1, -0.05) is 22.9 Å². The van der Waals surface area contributed by atoms with E-state index in [-0.39, 0.29) is 17.6 Å². The molecule has 0 heterocycles. The van der Waals surface area contributed by atoms with Crippen molar-refractivity contribution in [2.24, 2.45) is 11.8 Å². The van der Waals surface area contributed by atoms with Gasteiger partial charge in [-0.15, -0.1) is 0 Å². The van der Waals surface area contributed by atoms with Crippen LogP contribution < -0.4 is 4.74 Å². The highest BCUT2D eigenvalue weighted by atomic mass is 79.9. The van der Waals surface area contributed by atoms with Crippen LogP contribution in [0.4, 0.5) is 4.39 Å². The zero-order valence-electron chi connectivity index (χ0n) is 8.87. The molecular formula is C12H12BrFO2. The topological polar surface area (TPSA) is 26.3 Å². The molecule has 2 nitrogen and oxygen atoms in total. The maximum Gasteiger partial charge on any atom is 0.314 e. The van der Waals surface area contributed by atoms with Gasteiger partial charge < -0.3 is 4.74 Å². The first-order chi connectivity index (χ1) is 7.54. The van der Waals surface area contributed by atoms with E-state index in [1.165, 1.54) is 12.1 Å². The van der Waals surface area contributed by atoms with Crippen molar-refractivity contribution in [1.82, 2.24) is 0 Å². The molecule has 1 aromatic carbocycles. The smallest absolute Gasteiger partial charge is 0.314 e.